The molecule has 0 bridgehead atoms. The maximum atomic E-state index is 13.2. The Hall–Kier alpha value is -4.57. The van der Waals surface area contributed by atoms with Crippen LogP contribution in [0.4, 0.5) is 0 Å². The van der Waals surface area contributed by atoms with Crippen molar-refractivity contribution in [3.8, 4) is 11.1 Å². The van der Waals surface area contributed by atoms with Gasteiger partial charge in [0.05, 0.1) is 17.7 Å². The average molecular weight is 572 g/mol. The summed E-state index contributed by atoms with van der Waals surface area (Å²) in [6.07, 6.45) is 2.07. The Balaban J connectivity index is 1.32. The monoisotopic (exact) mass is 571 g/mol. The second-order valence-corrected chi connectivity index (χ2v) is 11.0. The Morgan fingerprint density at radius 2 is 1.52 bits per heavy atom. The molecule has 2 fully saturated rings. The summed E-state index contributed by atoms with van der Waals surface area (Å²) in [5, 5.41) is 11.9. The lowest BCUT2D eigenvalue weighted by Crippen LogP contribution is -2.49. The summed E-state index contributed by atoms with van der Waals surface area (Å²) in [5.74, 6) is -2.13. The summed E-state index contributed by atoms with van der Waals surface area (Å²) in [6.45, 7) is 2.58. The van der Waals surface area contributed by atoms with Gasteiger partial charge >= 0.3 is 5.97 Å². The molecular formula is C32H33N3O7. The van der Waals surface area contributed by atoms with Gasteiger partial charge in [-0.15, -0.1) is 5.06 Å². The number of hydrogen-bond donors (Lipinski definition) is 1. The van der Waals surface area contributed by atoms with Crippen LogP contribution in [0.2, 0.25) is 0 Å². The van der Waals surface area contributed by atoms with E-state index in [0.717, 1.165) is 5.56 Å². The van der Waals surface area contributed by atoms with Crippen molar-refractivity contribution in [2.24, 2.45) is 0 Å². The fourth-order valence-electron chi connectivity index (χ4n) is 5.44. The lowest BCUT2D eigenvalue weighted by Gasteiger charge is -2.39. The first-order chi connectivity index (χ1) is 20.1. The van der Waals surface area contributed by atoms with Crippen LogP contribution in [0.15, 0.2) is 77.7 Å². The normalized spacial score (nSPS) is 17.3. The fraction of sp³-hybridized carbons (Fsp3) is 0.344. The van der Waals surface area contributed by atoms with E-state index >= 15 is 0 Å². The molecule has 2 saturated heterocycles. The maximum absolute atomic E-state index is 13.2. The summed E-state index contributed by atoms with van der Waals surface area (Å²) in [5.41, 5.74) is 0.179. The number of likely N-dealkylation sites (tertiary alicyclic amines) is 1. The molecular weight excluding hydrogens is 538 g/mol. The highest BCUT2D eigenvalue weighted by Gasteiger charge is 2.36. The molecule has 10 nitrogen and oxygen atoms in total. The van der Waals surface area contributed by atoms with Gasteiger partial charge in [0, 0.05) is 50.2 Å². The zero-order valence-corrected chi connectivity index (χ0v) is 23.4. The summed E-state index contributed by atoms with van der Waals surface area (Å²) < 4.78 is 1.24. The first-order valence-electron chi connectivity index (χ1n) is 14.1. The van der Waals surface area contributed by atoms with Crippen LogP contribution in [-0.4, -0.2) is 62.0 Å². The van der Waals surface area contributed by atoms with Crippen LogP contribution in [0.25, 0.3) is 11.1 Å². The Morgan fingerprint density at radius 3 is 2.14 bits per heavy atom. The van der Waals surface area contributed by atoms with E-state index in [1.807, 2.05) is 37.3 Å². The van der Waals surface area contributed by atoms with E-state index in [9.17, 15) is 29.1 Å². The molecule has 0 spiro atoms. The second-order valence-electron chi connectivity index (χ2n) is 11.0. The van der Waals surface area contributed by atoms with Crippen molar-refractivity contribution in [1.82, 2.24) is 14.5 Å². The molecule has 2 aliphatic heterocycles. The Labute approximate surface area is 243 Å². The van der Waals surface area contributed by atoms with E-state index in [1.54, 1.807) is 35.2 Å². The standard InChI is InChI=1S/C32H33N3O7/c1-22(23-8-4-2-5-9-23)18-29(38)33-16-14-32(41,15-17-33)21-34-20-26(31(40)42-35-27(36)12-13-28(35)37)25(19-30(34)39)24-10-6-3-7-11-24/h2-11,19-20,22,41H,12-18,21H2,1H3/t22-/m1/s1. The predicted molar refractivity (Wildman–Crippen MR) is 153 cm³/mol. The third kappa shape index (κ3) is 6.33. The molecule has 42 heavy (non-hydrogen) atoms. The number of aliphatic hydroxyl groups is 1. The van der Waals surface area contributed by atoms with Gasteiger partial charge in [0.25, 0.3) is 17.4 Å². The average Bonchev–Trinajstić information content (AvgIpc) is 3.31. The van der Waals surface area contributed by atoms with Gasteiger partial charge in [0.15, 0.2) is 0 Å². The first-order valence-corrected chi connectivity index (χ1v) is 14.1. The fourth-order valence-corrected chi connectivity index (χ4v) is 5.44. The van der Waals surface area contributed by atoms with E-state index in [2.05, 4.69) is 0 Å². The smallest absolute Gasteiger partial charge is 0.366 e. The van der Waals surface area contributed by atoms with Crippen LogP contribution in [0.1, 0.15) is 60.9 Å². The van der Waals surface area contributed by atoms with Crippen molar-refractivity contribution in [1.29, 1.82) is 0 Å². The third-order valence-electron chi connectivity index (χ3n) is 7.97. The number of carbonyl (C=O) groups excluding carboxylic acids is 4. The van der Waals surface area contributed by atoms with E-state index < -0.39 is 28.9 Å². The summed E-state index contributed by atoms with van der Waals surface area (Å²) in [6, 6.07) is 19.9. The molecule has 3 amide bonds. The van der Waals surface area contributed by atoms with Crippen LogP contribution in [0.3, 0.4) is 0 Å². The Bertz CT molecular complexity index is 1530. The minimum Gasteiger partial charge on any atom is -0.388 e. The van der Waals surface area contributed by atoms with Crippen LogP contribution >= 0.6 is 0 Å². The molecule has 5 rings (SSSR count). The summed E-state index contributed by atoms with van der Waals surface area (Å²) in [4.78, 5) is 70.4. The quantitative estimate of drug-likeness (QED) is 0.411. The molecule has 0 aliphatic carbocycles. The van der Waals surface area contributed by atoms with Gasteiger partial charge in [-0.2, -0.15) is 0 Å². The lowest BCUT2D eigenvalue weighted by molar-refractivity contribution is -0.172. The van der Waals surface area contributed by atoms with Crippen LogP contribution < -0.4 is 5.56 Å². The number of piperidine rings is 1. The number of hydrogen-bond acceptors (Lipinski definition) is 7. The van der Waals surface area contributed by atoms with Crippen molar-refractivity contribution in [2.45, 2.75) is 57.1 Å². The number of hydroxylamine groups is 2. The van der Waals surface area contributed by atoms with Crippen molar-refractivity contribution >= 4 is 23.7 Å². The first kappa shape index (κ1) is 28.9. The minimum atomic E-state index is -1.29. The Kier molecular flexibility index (Phi) is 8.35. The second kappa shape index (κ2) is 12.1. The minimum absolute atomic E-state index is 0.00817. The molecule has 2 aromatic carbocycles. The van der Waals surface area contributed by atoms with Gasteiger partial charge in [0.2, 0.25) is 5.91 Å². The highest BCUT2D eigenvalue weighted by molar-refractivity contribution is 6.04. The highest BCUT2D eigenvalue weighted by Crippen LogP contribution is 2.28. The number of pyridine rings is 1. The molecule has 218 valence electrons. The molecule has 0 saturated carbocycles. The van der Waals surface area contributed by atoms with Gasteiger partial charge in [-0.25, -0.2) is 4.79 Å². The van der Waals surface area contributed by atoms with E-state index in [0.29, 0.717) is 30.1 Å². The molecule has 3 heterocycles. The number of benzene rings is 2. The number of carbonyl (C=O) groups is 4. The lowest BCUT2D eigenvalue weighted by atomic mass is 9.90. The summed E-state index contributed by atoms with van der Waals surface area (Å²) >= 11 is 0. The molecule has 1 aromatic heterocycles. The number of imide groups is 1. The molecule has 1 atom stereocenters. The molecule has 1 N–H and O–H groups in total. The molecule has 10 heteroatoms. The van der Waals surface area contributed by atoms with Crippen molar-refractivity contribution in [3.63, 3.8) is 0 Å². The topological polar surface area (TPSA) is 126 Å². The number of amides is 3. The van der Waals surface area contributed by atoms with Gasteiger partial charge < -0.3 is 19.4 Å². The molecule has 3 aromatic rings. The van der Waals surface area contributed by atoms with Crippen LogP contribution in [0.5, 0.6) is 0 Å². The molecule has 2 aliphatic rings. The maximum Gasteiger partial charge on any atom is 0.366 e. The number of rotatable bonds is 8. The van der Waals surface area contributed by atoms with Crippen LogP contribution in [0, 0.1) is 0 Å². The zero-order chi connectivity index (χ0) is 29.9. The van der Waals surface area contributed by atoms with Crippen molar-refractivity contribution < 1.29 is 29.1 Å². The van der Waals surface area contributed by atoms with Gasteiger partial charge in [-0.1, -0.05) is 67.6 Å². The highest BCUT2D eigenvalue weighted by atomic mass is 16.7. The van der Waals surface area contributed by atoms with Gasteiger partial charge in [-0.05, 0) is 29.9 Å². The van der Waals surface area contributed by atoms with Crippen molar-refractivity contribution in [2.75, 3.05) is 13.1 Å². The molecule has 0 unspecified atom stereocenters. The van der Waals surface area contributed by atoms with Crippen molar-refractivity contribution in [3.05, 3.63) is 94.4 Å². The van der Waals surface area contributed by atoms with Gasteiger partial charge in [-0.3, -0.25) is 19.2 Å². The number of aromatic nitrogens is 1. The molecule has 0 radical (unpaired) electrons. The van der Waals surface area contributed by atoms with Crippen LogP contribution in [-0.2, 0) is 25.8 Å². The Morgan fingerprint density at radius 1 is 0.929 bits per heavy atom. The SMILES string of the molecule is C[C@H](CC(=O)N1CCC(O)(Cn2cc(C(=O)ON3C(=O)CCC3=O)c(-c3ccccc3)cc2=O)CC1)c1ccccc1. The van der Waals surface area contributed by atoms with E-state index in [4.69, 9.17) is 4.84 Å². The zero-order valence-electron chi connectivity index (χ0n) is 23.4. The predicted octanol–water partition coefficient (Wildman–Crippen LogP) is 3.28. The number of nitrogens with zero attached hydrogens (tertiary/aromatic N) is 3. The third-order valence-corrected chi connectivity index (χ3v) is 7.97. The van der Waals surface area contributed by atoms with E-state index in [1.165, 1.54) is 16.8 Å². The van der Waals surface area contributed by atoms with Gasteiger partial charge in [0.1, 0.15) is 0 Å². The van der Waals surface area contributed by atoms with E-state index in [-0.39, 0.29) is 55.2 Å². The largest absolute Gasteiger partial charge is 0.388 e. The summed E-state index contributed by atoms with van der Waals surface area (Å²) in [7, 11) is 0.